The maximum absolute atomic E-state index is 13.1. The Kier molecular flexibility index (Phi) is 4.37. The minimum atomic E-state index is -0.314. The van der Waals surface area contributed by atoms with Gasteiger partial charge in [0.2, 0.25) is 4.77 Å². The molecule has 1 atom stereocenters. The molecular weight excluding hydrogens is 386 g/mol. The maximum Gasteiger partial charge on any atom is 0.282 e. The van der Waals surface area contributed by atoms with Gasteiger partial charge in [0.1, 0.15) is 4.83 Å². The topological polar surface area (TPSA) is 66.9 Å². The fraction of sp³-hybridized carbons (Fsp3) is 0.389. The minimum absolute atomic E-state index is 0.215. The molecule has 8 heteroatoms. The fourth-order valence-electron chi connectivity index (χ4n) is 3.42. The van der Waals surface area contributed by atoms with E-state index in [0.29, 0.717) is 16.9 Å². The Labute approximate surface area is 163 Å². The summed E-state index contributed by atoms with van der Waals surface area (Å²) in [5.74, 6) is 0.316. The van der Waals surface area contributed by atoms with E-state index in [1.807, 2.05) is 19.2 Å². The van der Waals surface area contributed by atoms with Crippen LogP contribution in [0.25, 0.3) is 10.2 Å². The number of H-pyrrole nitrogens is 1. The lowest BCUT2D eigenvalue weighted by molar-refractivity contribution is 0.101. The van der Waals surface area contributed by atoms with Crippen molar-refractivity contribution in [2.75, 3.05) is 5.43 Å². The molecule has 136 valence electrons. The zero-order chi connectivity index (χ0) is 18.6. The number of amides is 1. The van der Waals surface area contributed by atoms with Crippen LogP contribution in [-0.2, 0) is 12.8 Å². The molecule has 26 heavy (non-hydrogen) atoms. The molecule has 0 unspecified atom stereocenters. The van der Waals surface area contributed by atoms with E-state index in [2.05, 4.69) is 17.3 Å². The first-order valence-electron chi connectivity index (χ1n) is 8.52. The number of hydrogen-bond donors (Lipinski definition) is 2. The van der Waals surface area contributed by atoms with Gasteiger partial charge in [0.05, 0.1) is 10.9 Å². The third-order valence-electron chi connectivity index (χ3n) is 5.10. The lowest BCUT2D eigenvalue weighted by Crippen LogP contribution is -2.34. The third kappa shape index (κ3) is 2.76. The highest BCUT2D eigenvalue weighted by Crippen LogP contribution is 2.35. The van der Waals surface area contributed by atoms with E-state index < -0.39 is 0 Å². The molecule has 0 aliphatic heterocycles. The molecule has 3 heterocycles. The van der Waals surface area contributed by atoms with Crippen LogP contribution in [-0.4, -0.2) is 15.6 Å². The van der Waals surface area contributed by atoms with Gasteiger partial charge in [-0.25, -0.2) is 0 Å². The van der Waals surface area contributed by atoms with E-state index in [4.69, 9.17) is 12.2 Å². The Hall–Kier alpha value is -1.77. The number of aromatic amines is 1. The molecule has 0 fully saturated rings. The standard InChI is InChI=1S/C18H19N3O2S3/c1-8-4-5-11-13(6-8)26-16-14(11)17(23)21(18(24)19-16)20-15(22)12-7-25-10(3)9(12)2/h7-8H,4-6H2,1-3H3,(H,19,24)(H,20,22)/t8-/m1/s1. The van der Waals surface area contributed by atoms with Crippen molar-refractivity contribution in [3.8, 4) is 0 Å². The number of thiophene rings is 2. The van der Waals surface area contributed by atoms with Gasteiger partial charge in [0.25, 0.3) is 11.5 Å². The van der Waals surface area contributed by atoms with Crippen LogP contribution >= 0.6 is 34.9 Å². The first-order chi connectivity index (χ1) is 12.4. The predicted molar refractivity (Wildman–Crippen MR) is 110 cm³/mol. The summed E-state index contributed by atoms with van der Waals surface area (Å²) in [6.07, 6.45) is 2.97. The Morgan fingerprint density at radius 2 is 2.19 bits per heavy atom. The van der Waals surface area contributed by atoms with E-state index in [-0.39, 0.29) is 16.2 Å². The quantitative estimate of drug-likeness (QED) is 0.625. The lowest BCUT2D eigenvalue weighted by Gasteiger charge is -2.17. The highest BCUT2D eigenvalue weighted by Gasteiger charge is 2.24. The number of carbonyl (C=O) groups is 1. The summed E-state index contributed by atoms with van der Waals surface area (Å²) >= 11 is 8.47. The molecule has 5 nitrogen and oxygen atoms in total. The van der Waals surface area contributed by atoms with Crippen molar-refractivity contribution >= 4 is 51.0 Å². The smallest absolute Gasteiger partial charge is 0.282 e. The average molecular weight is 406 g/mol. The van der Waals surface area contributed by atoms with Crippen molar-refractivity contribution < 1.29 is 4.79 Å². The molecule has 0 aromatic carbocycles. The Morgan fingerprint density at radius 3 is 2.88 bits per heavy atom. The number of aromatic nitrogens is 2. The molecular formula is C18H19N3O2S3. The first-order valence-corrected chi connectivity index (χ1v) is 10.6. The van der Waals surface area contributed by atoms with Crippen LogP contribution in [0.15, 0.2) is 10.2 Å². The van der Waals surface area contributed by atoms with Crippen LogP contribution in [0.1, 0.15) is 44.6 Å². The van der Waals surface area contributed by atoms with Gasteiger partial charge in [0, 0.05) is 15.1 Å². The van der Waals surface area contributed by atoms with Crippen LogP contribution in [0.5, 0.6) is 0 Å². The van der Waals surface area contributed by atoms with E-state index in [1.54, 1.807) is 11.3 Å². The molecule has 4 rings (SSSR count). The van der Waals surface area contributed by atoms with Crippen LogP contribution < -0.4 is 11.0 Å². The molecule has 0 radical (unpaired) electrons. The maximum atomic E-state index is 13.1. The van der Waals surface area contributed by atoms with Gasteiger partial charge in [-0.2, -0.15) is 4.68 Å². The fourth-order valence-corrected chi connectivity index (χ4v) is 5.99. The second kappa shape index (κ2) is 6.44. The largest absolute Gasteiger partial charge is 0.322 e. The van der Waals surface area contributed by atoms with Crippen molar-refractivity contribution in [1.82, 2.24) is 9.66 Å². The van der Waals surface area contributed by atoms with Gasteiger partial charge in [-0.1, -0.05) is 6.92 Å². The zero-order valence-corrected chi connectivity index (χ0v) is 17.2. The molecule has 0 saturated heterocycles. The lowest BCUT2D eigenvalue weighted by atomic mass is 9.89. The molecule has 0 saturated carbocycles. The number of hydrogen-bond acceptors (Lipinski definition) is 5. The molecule has 3 aromatic rings. The van der Waals surface area contributed by atoms with Crippen molar-refractivity contribution in [2.24, 2.45) is 5.92 Å². The van der Waals surface area contributed by atoms with Crippen LogP contribution in [0, 0.1) is 24.5 Å². The van der Waals surface area contributed by atoms with E-state index in [9.17, 15) is 9.59 Å². The van der Waals surface area contributed by atoms with Crippen molar-refractivity contribution in [1.29, 1.82) is 0 Å². The van der Waals surface area contributed by atoms with Crippen LogP contribution in [0.2, 0.25) is 0 Å². The van der Waals surface area contributed by atoms with Gasteiger partial charge in [-0.15, -0.1) is 22.7 Å². The SMILES string of the molecule is Cc1scc(C(=O)Nn2c(=S)[nH]c3sc4c(c3c2=O)CC[C@@H](C)C4)c1C. The van der Waals surface area contributed by atoms with Gasteiger partial charge in [0.15, 0.2) is 0 Å². The molecule has 1 aliphatic carbocycles. The van der Waals surface area contributed by atoms with E-state index in [0.717, 1.165) is 40.1 Å². The number of rotatable bonds is 2. The number of aryl methyl sites for hydroxylation is 2. The highest BCUT2D eigenvalue weighted by molar-refractivity contribution is 7.71. The molecule has 0 bridgehead atoms. The monoisotopic (exact) mass is 405 g/mol. The van der Waals surface area contributed by atoms with Crippen molar-refractivity contribution in [3.63, 3.8) is 0 Å². The highest BCUT2D eigenvalue weighted by atomic mass is 32.1. The number of nitrogens with zero attached hydrogens (tertiary/aromatic N) is 1. The third-order valence-corrected chi connectivity index (χ3v) is 7.56. The summed E-state index contributed by atoms with van der Waals surface area (Å²) in [7, 11) is 0. The number of carbonyl (C=O) groups excluding carboxylic acids is 1. The summed E-state index contributed by atoms with van der Waals surface area (Å²) in [5, 5.41) is 2.48. The normalized spacial score (nSPS) is 16.7. The molecule has 2 N–H and O–H groups in total. The molecule has 3 aromatic heterocycles. The predicted octanol–water partition coefficient (Wildman–Crippen LogP) is 4.31. The van der Waals surface area contributed by atoms with E-state index in [1.165, 1.54) is 20.9 Å². The molecule has 1 aliphatic rings. The van der Waals surface area contributed by atoms with Gasteiger partial charge in [-0.05, 0) is 62.4 Å². The first kappa shape index (κ1) is 17.6. The summed E-state index contributed by atoms with van der Waals surface area (Å²) in [5.41, 5.74) is 5.07. The minimum Gasteiger partial charge on any atom is -0.322 e. The molecule has 1 amide bonds. The summed E-state index contributed by atoms with van der Waals surface area (Å²) < 4.78 is 1.39. The second-order valence-electron chi connectivity index (χ2n) is 6.90. The van der Waals surface area contributed by atoms with Gasteiger partial charge < -0.3 is 4.98 Å². The number of nitrogens with one attached hydrogen (secondary N) is 2. The van der Waals surface area contributed by atoms with Crippen molar-refractivity contribution in [2.45, 2.75) is 40.0 Å². The number of fused-ring (bicyclic) bond motifs is 3. The van der Waals surface area contributed by atoms with E-state index >= 15 is 0 Å². The summed E-state index contributed by atoms with van der Waals surface area (Å²) in [6, 6.07) is 0. The van der Waals surface area contributed by atoms with Crippen LogP contribution in [0.4, 0.5) is 0 Å². The molecule has 0 spiro atoms. The summed E-state index contributed by atoms with van der Waals surface area (Å²) in [6.45, 7) is 6.11. The summed E-state index contributed by atoms with van der Waals surface area (Å²) in [4.78, 5) is 32.0. The second-order valence-corrected chi connectivity index (χ2v) is 9.47. The Morgan fingerprint density at radius 1 is 1.42 bits per heavy atom. The van der Waals surface area contributed by atoms with Crippen LogP contribution in [0.3, 0.4) is 0 Å². The van der Waals surface area contributed by atoms with Gasteiger partial charge >= 0.3 is 0 Å². The van der Waals surface area contributed by atoms with Gasteiger partial charge in [-0.3, -0.25) is 15.0 Å². The Balaban J connectivity index is 1.81. The average Bonchev–Trinajstić information content (AvgIpc) is 3.11. The zero-order valence-electron chi connectivity index (χ0n) is 14.8. The van der Waals surface area contributed by atoms with Crippen molar-refractivity contribution in [3.05, 3.63) is 46.9 Å². The Bertz CT molecular complexity index is 1150.